The van der Waals surface area contributed by atoms with Crippen molar-refractivity contribution < 1.29 is 4.79 Å². The SMILES string of the molecule is C=CC(=O)NCC1CCC(Nc2nc(N(C)C)c3ccccc3n2)CC1. The first-order valence-corrected chi connectivity index (χ1v) is 9.17. The van der Waals surface area contributed by atoms with Gasteiger partial charge in [0.15, 0.2) is 0 Å². The molecule has 0 spiro atoms. The average Bonchev–Trinajstić information content (AvgIpc) is 2.66. The van der Waals surface area contributed by atoms with Gasteiger partial charge in [-0.05, 0) is 49.8 Å². The average molecular weight is 353 g/mol. The van der Waals surface area contributed by atoms with Crippen LogP contribution in [-0.4, -0.2) is 42.6 Å². The zero-order chi connectivity index (χ0) is 18.5. The predicted octanol–water partition coefficient (Wildman–Crippen LogP) is 2.97. The number of nitrogens with zero attached hydrogens (tertiary/aromatic N) is 3. The summed E-state index contributed by atoms with van der Waals surface area (Å²) in [6.45, 7) is 4.22. The molecule has 2 aromatic rings. The first kappa shape index (κ1) is 18.2. The van der Waals surface area contributed by atoms with Gasteiger partial charge in [0.1, 0.15) is 5.82 Å². The van der Waals surface area contributed by atoms with Crippen molar-refractivity contribution in [2.75, 3.05) is 30.9 Å². The maximum atomic E-state index is 11.3. The molecule has 1 aliphatic rings. The van der Waals surface area contributed by atoms with E-state index in [4.69, 9.17) is 4.98 Å². The molecule has 1 aromatic heterocycles. The summed E-state index contributed by atoms with van der Waals surface area (Å²) in [4.78, 5) is 22.7. The fourth-order valence-corrected chi connectivity index (χ4v) is 3.48. The molecule has 1 amide bonds. The van der Waals surface area contributed by atoms with Crippen molar-refractivity contribution in [2.45, 2.75) is 31.7 Å². The second-order valence-corrected chi connectivity index (χ2v) is 7.09. The third kappa shape index (κ3) is 4.31. The molecule has 2 N–H and O–H groups in total. The van der Waals surface area contributed by atoms with Gasteiger partial charge in [0.25, 0.3) is 0 Å². The Hall–Kier alpha value is -2.63. The summed E-state index contributed by atoms with van der Waals surface area (Å²) in [6, 6.07) is 8.46. The summed E-state index contributed by atoms with van der Waals surface area (Å²) in [5, 5.41) is 7.47. The summed E-state index contributed by atoms with van der Waals surface area (Å²) < 4.78 is 0. The normalized spacial score (nSPS) is 19.8. The molecule has 0 bridgehead atoms. The fraction of sp³-hybridized carbons (Fsp3) is 0.450. The summed E-state index contributed by atoms with van der Waals surface area (Å²) in [6.07, 6.45) is 5.61. The Labute approximate surface area is 154 Å². The van der Waals surface area contributed by atoms with Crippen molar-refractivity contribution in [3.8, 4) is 0 Å². The molecule has 3 rings (SSSR count). The highest BCUT2D eigenvalue weighted by Gasteiger charge is 2.22. The number of anilines is 2. The number of hydrogen-bond donors (Lipinski definition) is 2. The van der Waals surface area contributed by atoms with Gasteiger partial charge in [-0.15, -0.1) is 0 Å². The van der Waals surface area contributed by atoms with E-state index in [0.29, 0.717) is 17.9 Å². The molecule has 1 saturated carbocycles. The molecule has 1 heterocycles. The van der Waals surface area contributed by atoms with E-state index in [1.165, 1.54) is 6.08 Å². The standard InChI is InChI=1S/C20H27N5O/c1-4-18(26)21-13-14-9-11-15(12-10-14)22-20-23-17-8-6-5-7-16(17)19(24-20)25(2)3/h4-8,14-15H,1,9-13H2,2-3H3,(H,21,26)(H,22,23,24). The molecule has 138 valence electrons. The highest BCUT2D eigenvalue weighted by atomic mass is 16.1. The molecular weight excluding hydrogens is 326 g/mol. The number of hydrogen-bond acceptors (Lipinski definition) is 5. The highest BCUT2D eigenvalue weighted by molar-refractivity contribution is 5.90. The Balaban J connectivity index is 1.63. The minimum Gasteiger partial charge on any atom is -0.362 e. The molecule has 1 aromatic carbocycles. The van der Waals surface area contributed by atoms with Crippen molar-refractivity contribution in [2.24, 2.45) is 5.92 Å². The van der Waals surface area contributed by atoms with Crippen LogP contribution in [0.3, 0.4) is 0 Å². The van der Waals surface area contributed by atoms with Crippen molar-refractivity contribution >= 4 is 28.6 Å². The quantitative estimate of drug-likeness (QED) is 0.782. The maximum absolute atomic E-state index is 11.3. The zero-order valence-electron chi connectivity index (χ0n) is 15.5. The number of para-hydroxylation sites is 1. The Morgan fingerprint density at radius 3 is 2.65 bits per heavy atom. The maximum Gasteiger partial charge on any atom is 0.243 e. The predicted molar refractivity (Wildman–Crippen MR) is 106 cm³/mol. The Morgan fingerprint density at radius 2 is 1.96 bits per heavy atom. The lowest BCUT2D eigenvalue weighted by Crippen LogP contribution is -2.33. The molecule has 6 nitrogen and oxygen atoms in total. The topological polar surface area (TPSA) is 70.2 Å². The molecule has 1 fully saturated rings. The third-order valence-electron chi connectivity index (χ3n) is 4.94. The summed E-state index contributed by atoms with van der Waals surface area (Å²) in [5.74, 6) is 2.06. The molecule has 0 atom stereocenters. The molecule has 0 unspecified atom stereocenters. The third-order valence-corrected chi connectivity index (χ3v) is 4.94. The Morgan fingerprint density at radius 1 is 1.23 bits per heavy atom. The van der Waals surface area contributed by atoms with Gasteiger partial charge in [0.05, 0.1) is 5.52 Å². The lowest BCUT2D eigenvalue weighted by Gasteiger charge is -2.29. The highest BCUT2D eigenvalue weighted by Crippen LogP contribution is 2.28. The van der Waals surface area contributed by atoms with Gasteiger partial charge in [0.2, 0.25) is 11.9 Å². The van der Waals surface area contributed by atoms with E-state index in [1.54, 1.807) is 0 Å². The van der Waals surface area contributed by atoms with Gasteiger partial charge in [0, 0.05) is 32.1 Å². The van der Waals surface area contributed by atoms with Crippen molar-refractivity contribution in [3.05, 3.63) is 36.9 Å². The van der Waals surface area contributed by atoms with Gasteiger partial charge >= 0.3 is 0 Å². The van der Waals surface area contributed by atoms with Gasteiger partial charge < -0.3 is 15.5 Å². The lowest BCUT2D eigenvalue weighted by molar-refractivity contribution is -0.116. The molecule has 0 saturated heterocycles. The summed E-state index contributed by atoms with van der Waals surface area (Å²) >= 11 is 0. The molecule has 0 radical (unpaired) electrons. The van der Waals surface area contributed by atoms with E-state index in [2.05, 4.69) is 28.3 Å². The van der Waals surface area contributed by atoms with Gasteiger partial charge in [-0.1, -0.05) is 18.7 Å². The minimum atomic E-state index is -0.0916. The number of aromatic nitrogens is 2. The van der Waals surface area contributed by atoms with Crippen LogP contribution in [0.4, 0.5) is 11.8 Å². The number of carbonyl (C=O) groups excluding carboxylic acids is 1. The van der Waals surface area contributed by atoms with Crippen LogP contribution < -0.4 is 15.5 Å². The zero-order valence-corrected chi connectivity index (χ0v) is 15.5. The summed E-state index contributed by atoms with van der Waals surface area (Å²) in [5.41, 5.74) is 0.953. The van der Waals surface area contributed by atoms with Gasteiger partial charge in [-0.3, -0.25) is 4.79 Å². The van der Waals surface area contributed by atoms with Gasteiger partial charge in [-0.2, -0.15) is 4.98 Å². The smallest absolute Gasteiger partial charge is 0.243 e. The van der Waals surface area contributed by atoms with Crippen molar-refractivity contribution in [1.82, 2.24) is 15.3 Å². The number of benzene rings is 1. The second-order valence-electron chi connectivity index (χ2n) is 7.09. The van der Waals surface area contributed by atoms with E-state index in [0.717, 1.165) is 48.9 Å². The first-order chi connectivity index (χ1) is 12.6. The number of carbonyl (C=O) groups is 1. The van der Waals surface area contributed by atoms with Crippen LogP contribution in [0.5, 0.6) is 0 Å². The number of fused-ring (bicyclic) bond motifs is 1. The molecule has 6 heteroatoms. The molecule has 0 aliphatic heterocycles. The van der Waals surface area contributed by atoms with Crippen LogP contribution in [0.1, 0.15) is 25.7 Å². The Kier molecular flexibility index (Phi) is 5.71. The van der Waals surface area contributed by atoms with Crippen molar-refractivity contribution in [3.63, 3.8) is 0 Å². The van der Waals surface area contributed by atoms with Crippen LogP contribution in [0, 0.1) is 5.92 Å². The molecule has 1 aliphatic carbocycles. The van der Waals surface area contributed by atoms with E-state index in [9.17, 15) is 4.79 Å². The minimum absolute atomic E-state index is 0.0916. The van der Waals surface area contributed by atoms with E-state index >= 15 is 0 Å². The number of rotatable bonds is 6. The fourth-order valence-electron chi connectivity index (χ4n) is 3.48. The largest absolute Gasteiger partial charge is 0.362 e. The van der Waals surface area contributed by atoms with Crippen molar-refractivity contribution in [1.29, 1.82) is 0 Å². The monoisotopic (exact) mass is 353 g/mol. The lowest BCUT2D eigenvalue weighted by atomic mass is 9.86. The molecular formula is C20H27N5O. The van der Waals surface area contributed by atoms with Gasteiger partial charge in [-0.25, -0.2) is 4.98 Å². The summed E-state index contributed by atoms with van der Waals surface area (Å²) in [7, 11) is 4.00. The van der Waals surface area contributed by atoms with Crippen LogP contribution >= 0.6 is 0 Å². The van der Waals surface area contributed by atoms with Crippen LogP contribution in [0.15, 0.2) is 36.9 Å². The molecule has 26 heavy (non-hydrogen) atoms. The number of nitrogens with one attached hydrogen (secondary N) is 2. The van der Waals surface area contributed by atoms with E-state index < -0.39 is 0 Å². The van der Waals surface area contributed by atoms with Crippen LogP contribution in [-0.2, 0) is 4.79 Å². The van der Waals surface area contributed by atoms with Crippen LogP contribution in [0.25, 0.3) is 10.9 Å². The van der Waals surface area contributed by atoms with E-state index in [-0.39, 0.29) is 5.91 Å². The van der Waals surface area contributed by atoms with E-state index in [1.807, 2.05) is 37.2 Å². The van der Waals surface area contributed by atoms with Crippen LogP contribution in [0.2, 0.25) is 0 Å². The number of amides is 1. The first-order valence-electron chi connectivity index (χ1n) is 9.17. The Bertz CT molecular complexity index is 781. The second kappa shape index (κ2) is 8.17.